The van der Waals surface area contributed by atoms with Crippen LogP contribution < -0.4 is 0 Å². The predicted octanol–water partition coefficient (Wildman–Crippen LogP) is 3.56. The second-order valence-corrected chi connectivity index (χ2v) is 3.45. The van der Waals surface area contributed by atoms with Gasteiger partial charge >= 0.3 is 29.7 Å². The highest BCUT2D eigenvalue weighted by molar-refractivity contribution is 5.78. The number of hydrogen-bond donors (Lipinski definition) is 0. The summed E-state index contributed by atoms with van der Waals surface area (Å²) < 4.78 is 147. The average Bonchev–Trinajstić information content (AvgIpc) is 2.35. The van der Waals surface area contributed by atoms with Crippen LogP contribution >= 0.6 is 0 Å². The Bertz CT molecular complexity index is 391. The molecule has 0 spiro atoms. The van der Waals surface area contributed by atoms with Crippen molar-refractivity contribution in [2.45, 2.75) is 36.3 Å². The molecule has 1 atom stereocenters. The van der Waals surface area contributed by atoms with Gasteiger partial charge in [-0.1, -0.05) is 0 Å². The Labute approximate surface area is 106 Å². The van der Waals surface area contributed by atoms with E-state index in [9.17, 15) is 57.6 Å². The van der Waals surface area contributed by atoms with Crippen LogP contribution in [0.25, 0.3) is 0 Å². The minimum absolute atomic E-state index is 1.53. The lowest BCUT2D eigenvalue weighted by atomic mass is 9.95. The first kappa shape index (κ1) is 19.6. The number of carbonyl (C=O) groups excluding carboxylic acids is 1. The van der Waals surface area contributed by atoms with E-state index in [2.05, 4.69) is 0 Å². The summed E-state index contributed by atoms with van der Waals surface area (Å²) in [5.74, 6) is -32.8. The van der Waals surface area contributed by atoms with Crippen LogP contribution in [0.1, 0.15) is 0 Å². The van der Waals surface area contributed by atoms with Crippen LogP contribution in [0.2, 0.25) is 0 Å². The molecule has 21 heavy (non-hydrogen) atoms. The summed E-state index contributed by atoms with van der Waals surface area (Å²) in [5.41, 5.74) is 0. The first-order valence-corrected chi connectivity index (χ1v) is 4.35. The first-order chi connectivity index (χ1) is 9.09. The van der Waals surface area contributed by atoms with Crippen molar-refractivity contribution < 1.29 is 62.6 Å². The quantitative estimate of drug-likeness (QED) is 0.688. The van der Waals surface area contributed by atoms with E-state index >= 15 is 0 Å². The summed E-state index contributed by atoms with van der Waals surface area (Å²) in [6, 6.07) is 0. The van der Waals surface area contributed by atoms with Gasteiger partial charge in [0, 0.05) is 4.53 Å². The van der Waals surface area contributed by atoms with Gasteiger partial charge in [-0.25, -0.2) is 22.9 Å². The van der Waals surface area contributed by atoms with Gasteiger partial charge < -0.3 is 0 Å². The van der Waals surface area contributed by atoms with Gasteiger partial charge in [0.2, 0.25) is 6.17 Å². The summed E-state index contributed by atoms with van der Waals surface area (Å²) in [5, 5.41) is 0. The third kappa shape index (κ3) is 2.71. The van der Waals surface area contributed by atoms with Crippen molar-refractivity contribution >= 4 is 5.97 Å². The van der Waals surface area contributed by atoms with Gasteiger partial charge in [-0.2, -0.15) is 35.1 Å². The summed E-state index contributed by atoms with van der Waals surface area (Å²) in [7, 11) is 0. The lowest BCUT2D eigenvalue weighted by Crippen LogP contribution is -2.67. The van der Waals surface area contributed by atoms with Crippen molar-refractivity contribution in [2.75, 3.05) is 0 Å². The van der Waals surface area contributed by atoms with Crippen LogP contribution in [0.3, 0.4) is 0 Å². The summed E-state index contributed by atoms with van der Waals surface area (Å²) >= 11 is 0. The maximum atomic E-state index is 12.7. The highest BCUT2D eigenvalue weighted by Gasteiger charge is 2.85. The Hall–Kier alpha value is -1.37. The van der Waals surface area contributed by atoms with Gasteiger partial charge in [0.05, 0.1) is 0 Å². The molecule has 0 amide bonds. The molecule has 2 nitrogen and oxygen atoms in total. The molecule has 0 heterocycles. The zero-order chi connectivity index (χ0) is 17.4. The van der Waals surface area contributed by atoms with E-state index in [1.165, 1.54) is 4.94 Å². The van der Waals surface area contributed by atoms with Crippen molar-refractivity contribution in [3.8, 4) is 0 Å². The molecule has 126 valence electrons. The molecule has 0 N–H and O–H groups in total. The van der Waals surface area contributed by atoms with Gasteiger partial charge in [-0.05, 0) is 0 Å². The Morgan fingerprint density at radius 1 is 0.810 bits per heavy atom. The Kier molecular flexibility index (Phi) is 5.08. The van der Waals surface area contributed by atoms with Crippen LogP contribution in [-0.2, 0) is 9.74 Å². The molecule has 14 heteroatoms. The monoisotopic (exact) mass is 346 g/mol. The summed E-state index contributed by atoms with van der Waals surface area (Å²) in [4.78, 5) is 11.4. The van der Waals surface area contributed by atoms with Crippen molar-refractivity contribution in [3.05, 3.63) is 0 Å². The molecule has 0 rings (SSSR count). The second-order valence-electron chi connectivity index (χ2n) is 3.45. The molecule has 0 saturated heterocycles. The Morgan fingerprint density at radius 2 is 1.19 bits per heavy atom. The Balaban J connectivity index is 5.93. The van der Waals surface area contributed by atoms with E-state index in [0.717, 1.165) is 0 Å². The van der Waals surface area contributed by atoms with E-state index < -0.39 is 42.3 Å². The zero-order valence-electron chi connectivity index (χ0n) is 9.01. The molecule has 0 aromatic heterocycles. The highest BCUT2D eigenvalue weighted by Crippen LogP contribution is 2.54. The van der Waals surface area contributed by atoms with Gasteiger partial charge in [-0.3, -0.25) is 0 Å². The molecule has 0 aromatic carbocycles. The highest BCUT2D eigenvalue weighted by atomic mass is 19.4. The zero-order valence-corrected chi connectivity index (χ0v) is 9.01. The fourth-order valence-corrected chi connectivity index (χ4v) is 0.915. The minimum atomic E-state index is -7.48. The molecule has 0 aliphatic carbocycles. The minimum Gasteiger partial charge on any atom is -0.248 e. The maximum Gasteiger partial charge on any atom is 0.424 e. The van der Waals surface area contributed by atoms with E-state index in [0.29, 0.717) is 0 Å². The third-order valence-electron chi connectivity index (χ3n) is 2.10. The molecule has 1 unspecified atom stereocenters. The van der Waals surface area contributed by atoms with Crippen molar-refractivity contribution in [2.24, 2.45) is 0 Å². The van der Waals surface area contributed by atoms with Gasteiger partial charge in [0.15, 0.2) is 0 Å². The normalized spacial score (nSPS) is 16.0. The van der Waals surface area contributed by atoms with Gasteiger partial charge in [-0.15, -0.1) is 0 Å². The van der Waals surface area contributed by atoms with Crippen molar-refractivity contribution in [3.63, 3.8) is 0 Å². The molecular weight excluding hydrogens is 344 g/mol. The second kappa shape index (κ2) is 5.44. The third-order valence-corrected chi connectivity index (χ3v) is 2.10. The van der Waals surface area contributed by atoms with Gasteiger partial charge in [0.25, 0.3) is 6.43 Å². The van der Waals surface area contributed by atoms with Crippen LogP contribution in [0, 0.1) is 0 Å². The molecule has 0 fully saturated rings. The smallest absolute Gasteiger partial charge is 0.248 e. The molecule has 0 radical (unpaired) electrons. The van der Waals surface area contributed by atoms with Gasteiger partial charge in [0.1, 0.15) is 0 Å². The number of alkyl halides is 11. The van der Waals surface area contributed by atoms with Crippen LogP contribution in [-0.4, -0.2) is 42.3 Å². The van der Waals surface area contributed by atoms with Crippen LogP contribution in [0.15, 0.2) is 0 Å². The largest absolute Gasteiger partial charge is 0.424 e. The number of carbonyl (C=O) groups is 1. The topological polar surface area (TPSA) is 26.3 Å². The molecule has 0 saturated carbocycles. The van der Waals surface area contributed by atoms with E-state index in [4.69, 9.17) is 0 Å². The molecule has 0 aromatic rings. The van der Waals surface area contributed by atoms with E-state index in [1.807, 2.05) is 0 Å². The fraction of sp³-hybridized carbons (Fsp3) is 0.857. The lowest BCUT2D eigenvalue weighted by molar-refractivity contribution is -0.377. The molecule has 0 aliphatic rings. The maximum absolute atomic E-state index is 12.7. The molecule has 0 bridgehead atoms. The average molecular weight is 346 g/mol. The van der Waals surface area contributed by atoms with Crippen LogP contribution in [0.4, 0.5) is 52.8 Å². The first-order valence-electron chi connectivity index (χ1n) is 4.35. The molecular formula is C7H2F12O2. The van der Waals surface area contributed by atoms with Crippen molar-refractivity contribution in [1.29, 1.82) is 0 Å². The SMILES string of the molecule is O=C(OF)C(F)(F)C(F)(F)C(F)(F)C(F)(F)C(F)C(F)F. The van der Waals surface area contributed by atoms with E-state index in [1.54, 1.807) is 0 Å². The van der Waals surface area contributed by atoms with Crippen molar-refractivity contribution in [1.82, 2.24) is 0 Å². The number of rotatable bonds is 6. The fourth-order valence-electron chi connectivity index (χ4n) is 0.915. The molecule has 0 aliphatic heterocycles. The summed E-state index contributed by atoms with van der Waals surface area (Å²) in [6.07, 6.45) is -10.2. The number of hydrogen-bond acceptors (Lipinski definition) is 2. The number of halogens is 12. The van der Waals surface area contributed by atoms with Crippen LogP contribution in [0.5, 0.6) is 0 Å². The van der Waals surface area contributed by atoms with E-state index in [-0.39, 0.29) is 0 Å². The predicted molar refractivity (Wildman–Crippen MR) is 37.9 cm³/mol. The standard InChI is InChI=1S/C7H2F12O2/c8-1(2(9)10)4(11,12)6(15,16)7(17,18)5(13,14)3(20)21-19/h1-2H. The summed E-state index contributed by atoms with van der Waals surface area (Å²) in [6.45, 7) is 0. The lowest BCUT2D eigenvalue weighted by Gasteiger charge is -2.36. The Morgan fingerprint density at radius 3 is 1.48 bits per heavy atom.